The van der Waals surface area contributed by atoms with Crippen LogP contribution in [0.5, 0.6) is 5.88 Å². The van der Waals surface area contributed by atoms with Crippen LogP contribution in [0.1, 0.15) is 51.5 Å². The Kier molecular flexibility index (Phi) is 7.82. The quantitative estimate of drug-likeness (QED) is 0.526. The number of nitrogens with zero attached hydrogens (tertiary/aromatic N) is 2. The number of aromatic nitrogens is 1. The van der Waals surface area contributed by atoms with Gasteiger partial charge in [-0.15, -0.1) is 0 Å². The van der Waals surface area contributed by atoms with Gasteiger partial charge >= 0.3 is 0 Å². The zero-order valence-corrected chi connectivity index (χ0v) is 14.8. The first-order valence-corrected chi connectivity index (χ1v) is 9.01. The lowest BCUT2D eigenvalue weighted by molar-refractivity contribution is 0.120. The Bertz CT molecular complexity index is 496. The van der Waals surface area contributed by atoms with Crippen molar-refractivity contribution in [1.82, 2.24) is 15.6 Å². The van der Waals surface area contributed by atoms with E-state index < -0.39 is 0 Å². The van der Waals surface area contributed by atoms with Crippen molar-refractivity contribution in [3.8, 4) is 5.88 Å². The van der Waals surface area contributed by atoms with Gasteiger partial charge in [-0.25, -0.2) is 9.98 Å². The average molecular weight is 334 g/mol. The molecule has 1 aliphatic rings. The molecule has 1 aromatic rings. The zero-order chi connectivity index (χ0) is 17.2. The number of aliphatic hydroxyl groups excluding tert-OH is 1. The SMILES string of the molecule is CCCOc1ccc(CN=C(NCC)NC2CCC(O)CC2)cn1. The van der Waals surface area contributed by atoms with Crippen molar-refractivity contribution in [1.29, 1.82) is 0 Å². The number of aliphatic imine (C=N–C) groups is 1. The van der Waals surface area contributed by atoms with E-state index in [-0.39, 0.29) is 6.10 Å². The van der Waals surface area contributed by atoms with Crippen LogP contribution in [0.3, 0.4) is 0 Å². The van der Waals surface area contributed by atoms with Crippen LogP contribution in [0.2, 0.25) is 0 Å². The van der Waals surface area contributed by atoms with Crippen LogP contribution in [-0.2, 0) is 6.54 Å². The molecule has 0 unspecified atom stereocenters. The minimum Gasteiger partial charge on any atom is -0.478 e. The summed E-state index contributed by atoms with van der Waals surface area (Å²) in [4.78, 5) is 8.94. The van der Waals surface area contributed by atoms with Crippen LogP contribution >= 0.6 is 0 Å². The van der Waals surface area contributed by atoms with Crippen molar-refractivity contribution in [2.45, 2.75) is 64.6 Å². The lowest BCUT2D eigenvalue weighted by Crippen LogP contribution is -2.45. The topological polar surface area (TPSA) is 78.8 Å². The maximum atomic E-state index is 9.60. The fraction of sp³-hybridized carbons (Fsp3) is 0.667. The van der Waals surface area contributed by atoms with E-state index in [2.05, 4.69) is 34.5 Å². The summed E-state index contributed by atoms with van der Waals surface area (Å²) >= 11 is 0. The molecule has 0 saturated heterocycles. The van der Waals surface area contributed by atoms with Gasteiger partial charge in [-0.2, -0.15) is 0 Å². The van der Waals surface area contributed by atoms with Crippen molar-refractivity contribution in [2.24, 2.45) is 4.99 Å². The van der Waals surface area contributed by atoms with Crippen LogP contribution in [0, 0.1) is 0 Å². The standard InChI is InChI=1S/C18H30N4O2/c1-3-11-24-17-10-5-14(12-20-17)13-21-18(19-4-2)22-15-6-8-16(23)9-7-15/h5,10,12,15-16,23H,3-4,6-9,11,13H2,1-2H3,(H2,19,21,22). The van der Waals surface area contributed by atoms with Crippen LogP contribution in [0.15, 0.2) is 23.3 Å². The van der Waals surface area contributed by atoms with E-state index in [9.17, 15) is 5.11 Å². The molecule has 0 atom stereocenters. The van der Waals surface area contributed by atoms with Gasteiger partial charge in [-0.05, 0) is 44.6 Å². The van der Waals surface area contributed by atoms with Gasteiger partial charge in [-0.1, -0.05) is 13.0 Å². The number of hydrogen-bond donors (Lipinski definition) is 3. The van der Waals surface area contributed by atoms with E-state index >= 15 is 0 Å². The first-order valence-electron chi connectivity index (χ1n) is 9.01. The summed E-state index contributed by atoms with van der Waals surface area (Å²) in [6, 6.07) is 4.28. The molecule has 1 aliphatic carbocycles. The number of guanidine groups is 1. The average Bonchev–Trinajstić information content (AvgIpc) is 2.61. The summed E-state index contributed by atoms with van der Waals surface area (Å²) in [5, 5.41) is 16.4. The van der Waals surface area contributed by atoms with Gasteiger partial charge in [-0.3, -0.25) is 0 Å². The van der Waals surface area contributed by atoms with Crippen molar-refractivity contribution in [2.75, 3.05) is 13.2 Å². The number of rotatable bonds is 7. The number of pyridine rings is 1. The summed E-state index contributed by atoms with van der Waals surface area (Å²) < 4.78 is 5.49. The summed E-state index contributed by atoms with van der Waals surface area (Å²) in [5.41, 5.74) is 1.05. The van der Waals surface area contributed by atoms with Crippen molar-refractivity contribution >= 4 is 5.96 Å². The molecule has 6 nitrogen and oxygen atoms in total. The molecular formula is C18H30N4O2. The Morgan fingerprint density at radius 2 is 2.08 bits per heavy atom. The predicted molar refractivity (Wildman–Crippen MR) is 96.2 cm³/mol. The Hall–Kier alpha value is -1.82. The van der Waals surface area contributed by atoms with E-state index in [1.54, 1.807) is 0 Å². The fourth-order valence-corrected chi connectivity index (χ4v) is 2.70. The van der Waals surface area contributed by atoms with E-state index in [4.69, 9.17) is 4.74 Å². The Morgan fingerprint density at radius 1 is 1.29 bits per heavy atom. The molecule has 1 heterocycles. The van der Waals surface area contributed by atoms with E-state index in [1.807, 2.05) is 18.3 Å². The van der Waals surface area contributed by atoms with Gasteiger partial charge in [0.25, 0.3) is 0 Å². The third kappa shape index (κ3) is 6.35. The Labute approximate surface area is 144 Å². The largest absolute Gasteiger partial charge is 0.478 e. The molecule has 0 aromatic carbocycles. The molecule has 1 saturated carbocycles. The lowest BCUT2D eigenvalue weighted by Gasteiger charge is -2.27. The van der Waals surface area contributed by atoms with Crippen LogP contribution in [0.25, 0.3) is 0 Å². The second-order valence-electron chi connectivity index (χ2n) is 6.20. The molecule has 0 aliphatic heterocycles. The van der Waals surface area contributed by atoms with Crippen molar-refractivity contribution in [3.05, 3.63) is 23.9 Å². The molecule has 0 bridgehead atoms. The molecular weight excluding hydrogens is 304 g/mol. The highest BCUT2D eigenvalue weighted by atomic mass is 16.5. The van der Waals surface area contributed by atoms with Crippen LogP contribution < -0.4 is 15.4 Å². The van der Waals surface area contributed by atoms with Gasteiger partial charge in [0.05, 0.1) is 19.3 Å². The minimum atomic E-state index is -0.137. The van der Waals surface area contributed by atoms with Crippen molar-refractivity contribution in [3.63, 3.8) is 0 Å². The number of ether oxygens (including phenoxy) is 1. The van der Waals surface area contributed by atoms with E-state index in [1.165, 1.54) is 0 Å². The van der Waals surface area contributed by atoms with Crippen LogP contribution in [0.4, 0.5) is 0 Å². The molecule has 1 fully saturated rings. The van der Waals surface area contributed by atoms with E-state index in [0.717, 1.165) is 50.2 Å². The fourth-order valence-electron chi connectivity index (χ4n) is 2.70. The molecule has 134 valence electrons. The summed E-state index contributed by atoms with van der Waals surface area (Å²) in [7, 11) is 0. The highest BCUT2D eigenvalue weighted by Gasteiger charge is 2.19. The normalized spacial score (nSPS) is 21.4. The minimum absolute atomic E-state index is 0.137. The smallest absolute Gasteiger partial charge is 0.213 e. The second kappa shape index (κ2) is 10.1. The summed E-state index contributed by atoms with van der Waals surface area (Å²) in [6.07, 6.45) is 6.34. The first kappa shape index (κ1) is 18.5. The predicted octanol–water partition coefficient (Wildman–Crippen LogP) is 2.23. The second-order valence-corrected chi connectivity index (χ2v) is 6.20. The summed E-state index contributed by atoms with van der Waals surface area (Å²) in [5.74, 6) is 1.49. The highest BCUT2D eigenvalue weighted by molar-refractivity contribution is 5.80. The first-order chi connectivity index (χ1) is 11.7. The van der Waals surface area contributed by atoms with Gasteiger partial charge in [0.1, 0.15) is 0 Å². The maximum Gasteiger partial charge on any atom is 0.213 e. The molecule has 6 heteroatoms. The third-order valence-corrected chi connectivity index (χ3v) is 4.05. The molecule has 3 N–H and O–H groups in total. The van der Waals surface area contributed by atoms with E-state index in [0.29, 0.717) is 25.1 Å². The molecule has 0 amide bonds. The van der Waals surface area contributed by atoms with Crippen molar-refractivity contribution < 1.29 is 9.84 Å². The molecule has 1 aromatic heterocycles. The summed E-state index contributed by atoms with van der Waals surface area (Å²) in [6.45, 7) is 6.22. The molecule has 24 heavy (non-hydrogen) atoms. The Morgan fingerprint density at radius 3 is 2.71 bits per heavy atom. The lowest BCUT2D eigenvalue weighted by atomic mass is 9.93. The number of nitrogens with one attached hydrogen (secondary N) is 2. The Balaban J connectivity index is 1.87. The zero-order valence-electron chi connectivity index (χ0n) is 14.8. The molecule has 0 radical (unpaired) electrons. The van der Waals surface area contributed by atoms with Gasteiger partial charge in [0.2, 0.25) is 5.88 Å². The monoisotopic (exact) mass is 334 g/mol. The highest BCUT2D eigenvalue weighted by Crippen LogP contribution is 2.18. The van der Waals surface area contributed by atoms with Gasteiger partial charge in [0.15, 0.2) is 5.96 Å². The maximum absolute atomic E-state index is 9.60. The number of hydrogen-bond acceptors (Lipinski definition) is 4. The molecule has 2 rings (SSSR count). The van der Waals surface area contributed by atoms with Gasteiger partial charge in [0, 0.05) is 24.8 Å². The third-order valence-electron chi connectivity index (χ3n) is 4.05. The van der Waals surface area contributed by atoms with Crippen LogP contribution in [-0.4, -0.2) is 41.3 Å². The number of aliphatic hydroxyl groups is 1. The van der Waals surface area contributed by atoms with Gasteiger partial charge < -0.3 is 20.5 Å². The molecule has 0 spiro atoms.